The SMILES string of the molecule is Cc1nn(-c2ccccc2)c(C)c1CN(C)C(=O)Nc1ccc(C(F)(F)F)cc1. The van der Waals surface area contributed by atoms with Crippen LogP contribution in [0.15, 0.2) is 54.6 Å². The van der Waals surface area contributed by atoms with Crippen LogP contribution in [0.3, 0.4) is 0 Å². The Hall–Kier alpha value is -3.29. The summed E-state index contributed by atoms with van der Waals surface area (Å²) in [6, 6.07) is 13.6. The van der Waals surface area contributed by atoms with Gasteiger partial charge in [-0.05, 0) is 50.2 Å². The van der Waals surface area contributed by atoms with Crippen LogP contribution in [-0.4, -0.2) is 27.8 Å². The number of nitrogens with one attached hydrogen (secondary N) is 1. The molecule has 2 amide bonds. The second-order valence-corrected chi connectivity index (χ2v) is 6.76. The van der Waals surface area contributed by atoms with Gasteiger partial charge in [0.05, 0.1) is 23.5 Å². The van der Waals surface area contributed by atoms with Gasteiger partial charge in [0.15, 0.2) is 0 Å². The number of aryl methyl sites for hydroxylation is 1. The van der Waals surface area contributed by atoms with Gasteiger partial charge in [-0.1, -0.05) is 18.2 Å². The first-order valence-corrected chi connectivity index (χ1v) is 8.96. The first kappa shape index (κ1) is 20.4. The van der Waals surface area contributed by atoms with Crippen LogP contribution in [-0.2, 0) is 12.7 Å². The van der Waals surface area contributed by atoms with Gasteiger partial charge < -0.3 is 10.2 Å². The number of para-hydroxylation sites is 1. The molecule has 0 saturated heterocycles. The van der Waals surface area contributed by atoms with Crippen LogP contribution in [0.4, 0.5) is 23.7 Å². The lowest BCUT2D eigenvalue weighted by molar-refractivity contribution is -0.137. The predicted molar refractivity (Wildman–Crippen MR) is 105 cm³/mol. The number of urea groups is 1. The number of halogens is 3. The van der Waals surface area contributed by atoms with Crippen molar-refractivity contribution in [3.63, 3.8) is 0 Å². The third-order valence-electron chi connectivity index (χ3n) is 4.65. The molecular formula is C21H21F3N4O. The molecule has 29 heavy (non-hydrogen) atoms. The number of anilines is 1. The zero-order valence-electron chi connectivity index (χ0n) is 16.3. The number of hydrogen-bond acceptors (Lipinski definition) is 2. The van der Waals surface area contributed by atoms with Crippen molar-refractivity contribution >= 4 is 11.7 Å². The van der Waals surface area contributed by atoms with E-state index in [4.69, 9.17) is 0 Å². The third kappa shape index (κ3) is 4.59. The fourth-order valence-electron chi connectivity index (χ4n) is 2.99. The minimum Gasteiger partial charge on any atom is -0.323 e. The van der Waals surface area contributed by atoms with Crippen LogP contribution in [0.1, 0.15) is 22.5 Å². The molecule has 5 nitrogen and oxygen atoms in total. The number of carbonyl (C=O) groups excluding carboxylic acids is 1. The predicted octanol–water partition coefficient (Wildman–Crippen LogP) is 5.17. The molecule has 0 bridgehead atoms. The van der Waals surface area contributed by atoms with E-state index in [1.165, 1.54) is 17.0 Å². The van der Waals surface area contributed by atoms with Crippen molar-refractivity contribution in [1.29, 1.82) is 0 Å². The fourth-order valence-corrected chi connectivity index (χ4v) is 2.99. The minimum atomic E-state index is -4.41. The lowest BCUT2D eigenvalue weighted by atomic mass is 10.2. The second kappa shape index (κ2) is 7.98. The summed E-state index contributed by atoms with van der Waals surface area (Å²) in [5.41, 5.74) is 3.10. The van der Waals surface area contributed by atoms with E-state index in [2.05, 4.69) is 10.4 Å². The van der Waals surface area contributed by atoms with Gasteiger partial charge in [-0.25, -0.2) is 9.48 Å². The number of alkyl halides is 3. The number of rotatable bonds is 4. The molecule has 0 aliphatic heterocycles. The fraction of sp³-hybridized carbons (Fsp3) is 0.238. The molecule has 3 aromatic rings. The molecule has 1 N–H and O–H groups in total. The molecule has 0 radical (unpaired) electrons. The maximum Gasteiger partial charge on any atom is 0.416 e. The van der Waals surface area contributed by atoms with Gasteiger partial charge in [0.2, 0.25) is 0 Å². The largest absolute Gasteiger partial charge is 0.416 e. The Morgan fingerprint density at radius 1 is 1.07 bits per heavy atom. The molecule has 0 spiro atoms. The van der Waals surface area contributed by atoms with Crippen molar-refractivity contribution in [1.82, 2.24) is 14.7 Å². The van der Waals surface area contributed by atoms with Crippen LogP contribution in [0, 0.1) is 13.8 Å². The highest BCUT2D eigenvalue weighted by atomic mass is 19.4. The summed E-state index contributed by atoms with van der Waals surface area (Å²) in [5, 5.41) is 7.17. The molecular weight excluding hydrogens is 381 g/mol. The monoisotopic (exact) mass is 402 g/mol. The zero-order valence-corrected chi connectivity index (χ0v) is 16.3. The topological polar surface area (TPSA) is 50.2 Å². The highest BCUT2D eigenvalue weighted by molar-refractivity contribution is 5.89. The van der Waals surface area contributed by atoms with Crippen molar-refractivity contribution < 1.29 is 18.0 Å². The first-order chi connectivity index (χ1) is 13.7. The van der Waals surface area contributed by atoms with E-state index in [0.29, 0.717) is 12.2 Å². The molecule has 8 heteroatoms. The number of hydrogen-bond donors (Lipinski definition) is 1. The quantitative estimate of drug-likeness (QED) is 0.654. The van der Waals surface area contributed by atoms with Gasteiger partial charge in [-0.15, -0.1) is 0 Å². The smallest absolute Gasteiger partial charge is 0.323 e. The zero-order chi connectivity index (χ0) is 21.2. The van der Waals surface area contributed by atoms with E-state index in [1.54, 1.807) is 7.05 Å². The molecule has 0 saturated carbocycles. The summed E-state index contributed by atoms with van der Waals surface area (Å²) in [6.45, 7) is 4.13. The summed E-state index contributed by atoms with van der Waals surface area (Å²) in [7, 11) is 1.62. The Kier molecular flexibility index (Phi) is 5.63. The molecule has 0 aliphatic rings. The molecule has 1 aromatic heterocycles. The molecule has 2 aromatic carbocycles. The van der Waals surface area contributed by atoms with Crippen LogP contribution >= 0.6 is 0 Å². The molecule has 0 aliphatic carbocycles. The van der Waals surface area contributed by atoms with Crippen molar-refractivity contribution in [2.24, 2.45) is 0 Å². The maximum absolute atomic E-state index is 12.6. The summed E-state index contributed by atoms with van der Waals surface area (Å²) >= 11 is 0. The summed E-state index contributed by atoms with van der Waals surface area (Å²) in [6.07, 6.45) is -4.41. The third-order valence-corrected chi connectivity index (χ3v) is 4.65. The molecule has 152 valence electrons. The van der Waals surface area contributed by atoms with Gasteiger partial charge in [0.25, 0.3) is 0 Å². The number of amides is 2. The molecule has 0 unspecified atom stereocenters. The van der Waals surface area contributed by atoms with Crippen molar-refractivity contribution in [2.45, 2.75) is 26.6 Å². The lowest BCUT2D eigenvalue weighted by Gasteiger charge is -2.18. The van der Waals surface area contributed by atoms with Crippen LogP contribution in [0.5, 0.6) is 0 Å². The van der Waals surface area contributed by atoms with E-state index >= 15 is 0 Å². The second-order valence-electron chi connectivity index (χ2n) is 6.76. The summed E-state index contributed by atoms with van der Waals surface area (Å²) < 4.78 is 39.8. The standard InChI is InChI=1S/C21H21F3N4O/c1-14-19(15(2)28(26-14)18-7-5-4-6-8-18)13-27(3)20(29)25-17-11-9-16(10-12-17)21(22,23)24/h4-12H,13H2,1-3H3,(H,25,29). The van der Waals surface area contributed by atoms with E-state index in [9.17, 15) is 18.0 Å². The van der Waals surface area contributed by atoms with Gasteiger partial charge in [0.1, 0.15) is 0 Å². The Morgan fingerprint density at radius 3 is 2.28 bits per heavy atom. The Balaban J connectivity index is 1.71. The molecule has 0 fully saturated rings. The van der Waals surface area contributed by atoms with Crippen molar-refractivity contribution in [3.05, 3.63) is 77.1 Å². The van der Waals surface area contributed by atoms with Crippen LogP contribution < -0.4 is 5.32 Å². The first-order valence-electron chi connectivity index (χ1n) is 8.96. The highest BCUT2D eigenvalue weighted by Crippen LogP contribution is 2.30. The van der Waals surface area contributed by atoms with Crippen LogP contribution in [0.25, 0.3) is 5.69 Å². The summed E-state index contributed by atoms with van der Waals surface area (Å²) in [5.74, 6) is 0. The molecule has 1 heterocycles. The number of carbonyl (C=O) groups is 1. The van der Waals surface area contributed by atoms with E-state index in [1.807, 2.05) is 48.9 Å². The van der Waals surface area contributed by atoms with Gasteiger partial charge >= 0.3 is 12.2 Å². The normalized spacial score (nSPS) is 11.4. The van der Waals surface area contributed by atoms with Gasteiger partial charge in [-0.3, -0.25) is 0 Å². The molecule has 3 rings (SSSR count). The summed E-state index contributed by atoms with van der Waals surface area (Å²) in [4.78, 5) is 13.9. The minimum absolute atomic E-state index is 0.295. The van der Waals surface area contributed by atoms with E-state index in [-0.39, 0.29) is 0 Å². The van der Waals surface area contributed by atoms with Gasteiger partial charge in [0, 0.05) is 24.0 Å². The van der Waals surface area contributed by atoms with E-state index in [0.717, 1.165) is 34.8 Å². The number of nitrogens with zero attached hydrogens (tertiary/aromatic N) is 3. The van der Waals surface area contributed by atoms with Crippen molar-refractivity contribution in [2.75, 3.05) is 12.4 Å². The Morgan fingerprint density at radius 2 is 1.69 bits per heavy atom. The van der Waals surface area contributed by atoms with Crippen LogP contribution in [0.2, 0.25) is 0 Å². The van der Waals surface area contributed by atoms with Crippen molar-refractivity contribution in [3.8, 4) is 5.69 Å². The average Bonchev–Trinajstić information content (AvgIpc) is 2.96. The average molecular weight is 402 g/mol. The van der Waals surface area contributed by atoms with Gasteiger partial charge in [-0.2, -0.15) is 18.3 Å². The Labute approximate surface area is 166 Å². The number of aromatic nitrogens is 2. The highest BCUT2D eigenvalue weighted by Gasteiger charge is 2.30. The maximum atomic E-state index is 12.6. The Bertz CT molecular complexity index is 995. The lowest BCUT2D eigenvalue weighted by Crippen LogP contribution is -2.31. The molecule has 0 atom stereocenters. The van der Waals surface area contributed by atoms with E-state index < -0.39 is 17.8 Å². The number of benzene rings is 2.